The van der Waals surface area contributed by atoms with E-state index in [9.17, 15) is 4.79 Å². The van der Waals surface area contributed by atoms with Gasteiger partial charge in [-0.1, -0.05) is 29.7 Å². The van der Waals surface area contributed by atoms with Crippen molar-refractivity contribution in [2.45, 2.75) is 42.4 Å². The lowest BCUT2D eigenvalue weighted by molar-refractivity contribution is -0.142. The molecular formula is C11H23Cl3O2SSi. The van der Waals surface area contributed by atoms with Crippen molar-refractivity contribution in [3.8, 4) is 0 Å². The van der Waals surface area contributed by atoms with Crippen molar-refractivity contribution in [2.24, 2.45) is 0 Å². The molecule has 0 spiro atoms. The average molecular weight is 354 g/mol. The summed E-state index contributed by atoms with van der Waals surface area (Å²) in [6.07, 6.45) is 0. The summed E-state index contributed by atoms with van der Waals surface area (Å²) >= 11 is 18.2. The summed E-state index contributed by atoms with van der Waals surface area (Å²) in [6, 6.07) is -1.11. The number of carbonyl (C=O) groups excluding carboxylic acids is 1. The molecule has 0 aliphatic carbocycles. The van der Waals surface area contributed by atoms with Crippen molar-refractivity contribution < 1.29 is 9.53 Å². The van der Waals surface area contributed by atoms with E-state index in [1.165, 1.54) is 0 Å². The zero-order valence-corrected chi connectivity index (χ0v) is 11.1. The predicted molar refractivity (Wildman–Crippen MR) is 89.2 cm³/mol. The number of halogens is 3. The van der Waals surface area contributed by atoms with Crippen molar-refractivity contribution >= 4 is 56.5 Å². The van der Waals surface area contributed by atoms with E-state index in [4.69, 9.17) is 38.0 Å². The van der Waals surface area contributed by atoms with Crippen molar-refractivity contribution in [3.63, 3.8) is 0 Å². The van der Waals surface area contributed by atoms with E-state index in [0.717, 1.165) is 5.56 Å². The zero-order chi connectivity index (χ0) is 10.6. The molecule has 0 bridgehead atoms. The predicted octanol–water partition coefficient (Wildman–Crippen LogP) is 5.99. The molecule has 1 heterocycles. The summed E-state index contributed by atoms with van der Waals surface area (Å²) in [5, 5.41) is 3.81. The van der Waals surface area contributed by atoms with Crippen LogP contribution in [0, 0.1) is 0 Å². The van der Waals surface area contributed by atoms with Crippen LogP contribution in [0.5, 0.6) is 0 Å². The fourth-order valence-corrected chi connectivity index (χ4v) is 2.82. The standard InChI is InChI=1S/C7H7Cl3O2SSi.4CH4/c8-14(9,10)5-7(11)12-3-6-1-2-13-4-6;;;;/h1-2,4H,3,5H2;4*1H4. The first-order chi connectivity index (χ1) is 6.47. The number of rotatable bonds is 4. The van der Waals surface area contributed by atoms with Crippen molar-refractivity contribution in [3.05, 3.63) is 22.4 Å². The largest absolute Gasteiger partial charge is 0.461 e. The first-order valence-corrected chi connectivity index (χ1v) is 9.89. The fraction of sp³-hybridized carbons (Fsp3) is 0.545. The van der Waals surface area contributed by atoms with Gasteiger partial charge in [-0.15, -0.1) is 33.2 Å². The molecule has 0 aromatic carbocycles. The number of carbonyl (C=O) groups is 1. The summed E-state index contributed by atoms with van der Waals surface area (Å²) in [5.74, 6) is -0.456. The van der Waals surface area contributed by atoms with Crippen LogP contribution in [0.2, 0.25) is 6.04 Å². The smallest absolute Gasteiger partial charge is 0.352 e. The molecule has 0 N–H and O–H groups in total. The van der Waals surface area contributed by atoms with Gasteiger partial charge in [0.2, 0.25) is 0 Å². The van der Waals surface area contributed by atoms with Gasteiger partial charge in [-0.3, -0.25) is 4.79 Å². The summed E-state index contributed by atoms with van der Waals surface area (Å²) in [7, 11) is 0. The van der Waals surface area contributed by atoms with E-state index in [1.54, 1.807) is 11.3 Å². The van der Waals surface area contributed by atoms with E-state index in [2.05, 4.69) is 0 Å². The molecule has 0 aliphatic rings. The van der Waals surface area contributed by atoms with Gasteiger partial charge in [0.15, 0.2) is 0 Å². The van der Waals surface area contributed by atoms with Crippen LogP contribution in [0.4, 0.5) is 0 Å². The van der Waals surface area contributed by atoms with Crippen molar-refractivity contribution in [1.29, 1.82) is 0 Å². The Bertz CT molecular complexity index is 300. The van der Waals surface area contributed by atoms with E-state index >= 15 is 0 Å². The van der Waals surface area contributed by atoms with Crippen LogP contribution in [0.25, 0.3) is 0 Å². The number of thiophene rings is 1. The zero-order valence-electron chi connectivity index (χ0n) is 7.00. The first-order valence-electron chi connectivity index (χ1n) is 3.71. The van der Waals surface area contributed by atoms with Gasteiger partial charge in [0.1, 0.15) is 6.61 Å². The molecule has 0 unspecified atom stereocenters. The van der Waals surface area contributed by atoms with Crippen LogP contribution >= 0.6 is 44.6 Å². The van der Waals surface area contributed by atoms with Crippen LogP contribution in [0.3, 0.4) is 0 Å². The van der Waals surface area contributed by atoms with E-state index < -0.39 is 12.0 Å². The Morgan fingerprint density at radius 2 is 1.78 bits per heavy atom. The third-order valence-corrected chi connectivity index (χ3v) is 3.95. The highest BCUT2D eigenvalue weighted by Gasteiger charge is 2.29. The molecule has 0 saturated carbocycles. The normalized spacial score (nSPS) is 8.83. The van der Waals surface area contributed by atoms with E-state index in [-0.39, 0.29) is 42.4 Å². The van der Waals surface area contributed by atoms with E-state index in [1.807, 2.05) is 16.8 Å². The van der Waals surface area contributed by atoms with Gasteiger partial charge in [0.25, 0.3) is 0 Å². The number of esters is 1. The lowest BCUT2D eigenvalue weighted by Gasteiger charge is -2.07. The Morgan fingerprint density at radius 1 is 1.22 bits per heavy atom. The van der Waals surface area contributed by atoms with Gasteiger partial charge in [-0.05, 0) is 16.8 Å². The van der Waals surface area contributed by atoms with Gasteiger partial charge < -0.3 is 4.74 Å². The molecule has 7 heteroatoms. The highest BCUT2D eigenvalue weighted by Crippen LogP contribution is 2.25. The SMILES string of the molecule is C.C.C.C.O=C(C[Si](Cl)(Cl)Cl)OCc1ccsc1. The van der Waals surface area contributed by atoms with Gasteiger partial charge in [-0.25, -0.2) is 0 Å². The molecular weight excluding hydrogens is 331 g/mol. The Labute approximate surface area is 130 Å². The molecule has 1 rings (SSSR count). The Kier molecular flexibility index (Phi) is 18.3. The summed E-state index contributed by atoms with van der Waals surface area (Å²) in [4.78, 5) is 11.1. The minimum atomic E-state index is -2.90. The first kappa shape index (κ1) is 26.7. The second-order valence-corrected chi connectivity index (χ2v) is 12.5. The molecule has 0 fully saturated rings. The topological polar surface area (TPSA) is 26.3 Å². The van der Waals surface area contributed by atoms with Gasteiger partial charge in [0.05, 0.1) is 6.04 Å². The maximum Gasteiger partial charge on any atom is 0.352 e. The van der Waals surface area contributed by atoms with Crippen LogP contribution in [0.1, 0.15) is 35.3 Å². The van der Waals surface area contributed by atoms with Crippen molar-refractivity contribution in [2.75, 3.05) is 0 Å². The van der Waals surface area contributed by atoms with Crippen LogP contribution in [-0.4, -0.2) is 12.0 Å². The van der Waals surface area contributed by atoms with Crippen LogP contribution in [0.15, 0.2) is 16.8 Å². The minimum absolute atomic E-state index is 0. The lowest BCUT2D eigenvalue weighted by Crippen LogP contribution is -2.17. The van der Waals surface area contributed by atoms with Gasteiger partial charge in [-0.2, -0.15) is 11.3 Å². The summed E-state index contributed by atoms with van der Waals surface area (Å²) < 4.78 is 4.91. The third-order valence-electron chi connectivity index (χ3n) is 1.32. The number of ether oxygens (including phenoxy) is 1. The second kappa shape index (κ2) is 12.3. The quantitative estimate of drug-likeness (QED) is 0.377. The van der Waals surface area contributed by atoms with Crippen LogP contribution < -0.4 is 0 Å². The molecule has 0 atom stereocenters. The maximum atomic E-state index is 11.1. The molecule has 2 nitrogen and oxygen atoms in total. The number of hydrogen-bond donors (Lipinski definition) is 0. The molecule has 110 valence electrons. The highest BCUT2D eigenvalue weighted by molar-refractivity contribution is 7.65. The Hall–Kier alpha value is 0.257. The van der Waals surface area contributed by atoms with Gasteiger partial charge >= 0.3 is 12.0 Å². The molecule has 0 aliphatic heterocycles. The molecule has 0 amide bonds. The second-order valence-electron chi connectivity index (χ2n) is 2.58. The Balaban J connectivity index is -0.000000245. The maximum absolute atomic E-state index is 11.1. The van der Waals surface area contributed by atoms with E-state index in [0.29, 0.717) is 0 Å². The molecule has 1 aromatic rings. The molecule has 0 saturated heterocycles. The van der Waals surface area contributed by atoms with Gasteiger partial charge in [0, 0.05) is 5.56 Å². The molecule has 0 radical (unpaired) electrons. The summed E-state index contributed by atoms with van der Waals surface area (Å²) in [5.41, 5.74) is 0.953. The summed E-state index contributed by atoms with van der Waals surface area (Å²) in [6.45, 7) is 0.248. The monoisotopic (exact) mass is 352 g/mol. The number of hydrogen-bond acceptors (Lipinski definition) is 3. The minimum Gasteiger partial charge on any atom is -0.461 e. The average Bonchev–Trinajstić information content (AvgIpc) is 2.49. The Morgan fingerprint density at radius 3 is 2.17 bits per heavy atom. The van der Waals surface area contributed by atoms with Crippen molar-refractivity contribution in [1.82, 2.24) is 0 Å². The van der Waals surface area contributed by atoms with Crippen LogP contribution in [-0.2, 0) is 16.1 Å². The highest BCUT2D eigenvalue weighted by atomic mass is 35.8. The molecule has 1 aromatic heterocycles. The molecule has 18 heavy (non-hydrogen) atoms. The fourth-order valence-electron chi connectivity index (χ4n) is 0.753. The third kappa shape index (κ3) is 12.7. The lowest BCUT2D eigenvalue weighted by atomic mass is 10.4.